The van der Waals surface area contributed by atoms with Crippen molar-refractivity contribution in [1.82, 2.24) is 0 Å². The Labute approximate surface area is 407 Å². The van der Waals surface area contributed by atoms with E-state index in [0.717, 1.165) is 109 Å². The van der Waals surface area contributed by atoms with Gasteiger partial charge in [0.1, 0.15) is 6.61 Å². The van der Waals surface area contributed by atoms with Crippen LogP contribution in [0.1, 0.15) is 232 Å². The van der Waals surface area contributed by atoms with E-state index in [-0.39, 0.29) is 25.2 Å². The Morgan fingerprint density at radius 3 is 0.909 bits per heavy atom. The zero-order chi connectivity index (χ0) is 47.7. The Balaban J connectivity index is 3.55. The molecule has 0 fully saturated rings. The number of hydrogen-bond acceptors (Lipinski definition) is 5. The van der Waals surface area contributed by atoms with Crippen molar-refractivity contribution in [1.29, 1.82) is 0 Å². The van der Waals surface area contributed by atoms with Crippen LogP contribution in [0.5, 0.6) is 0 Å². The topological polar surface area (TPSA) is 72.8 Å². The van der Waals surface area contributed by atoms with Crippen LogP contribution in [0.3, 0.4) is 0 Å². The van der Waals surface area contributed by atoms with Gasteiger partial charge in [-0.1, -0.05) is 238 Å². The second-order valence-electron chi connectivity index (χ2n) is 17.5. The average molecular weight is 913 g/mol. The fraction of sp³-hybridized carbons (Fsp3) is 0.639. The van der Waals surface area contributed by atoms with E-state index in [1.807, 2.05) is 0 Å². The van der Waals surface area contributed by atoms with Gasteiger partial charge in [-0.25, -0.2) is 0 Å². The summed E-state index contributed by atoms with van der Waals surface area (Å²) in [7, 11) is 0. The molecule has 0 aromatic carbocycles. The minimum atomic E-state index is -0.785. The van der Waals surface area contributed by atoms with Gasteiger partial charge in [-0.3, -0.25) is 9.59 Å². The number of aliphatic hydroxyl groups excluding tert-OH is 1. The zero-order valence-corrected chi connectivity index (χ0v) is 42.7. The molecule has 0 aromatic rings. The van der Waals surface area contributed by atoms with Gasteiger partial charge in [0, 0.05) is 12.8 Å². The van der Waals surface area contributed by atoms with Gasteiger partial charge in [0.2, 0.25) is 0 Å². The molecule has 0 spiro atoms. The Bertz CT molecular complexity index is 1350. The van der Waals surface area contributed by atoms with E-state index in [9.17, 15) is 14.7 Å². The lowest BCUT2D eigenvalue weighted by Gasteiger charge is -2.15. The highest BCUT2D eigenvalue weighted by molar-refractivity contribution is 5.70. The lowest BCUT2D eigenvalue weighted by Crippen LogP contribution is -2.28. The monoisotopic (exact) mass is 913 g/mol. The molecule has 0 aliphatic carbocycles. The smallest absolute Gasteiger partial charge is 0.306 e. The third-order valence-corrected chi connectivity index (χ3v) is 11.3. The van der Waals surface area contributed by atoms with Crippen molar-refractivity contribution in [2.24, 2.45) is 0 Å². The summed E-state index contributed by atoms with van der Waals surface area (Å²) in [4.78, 5) is 24.5. The van der Waals surface area contributed by atoms with Crippen LogP contribution in [0.4, 0.5) is 0 Å². The van der Waals surface area contributed by atoms with Crippen molar-refractivity contribution in [3.8, 4) is 0 Å². The molecule has 0 heterocycles. The van der Waals surface area contributed by atoms with E-state index in [1.165, 1.54) is 96.3 Å². The maximum atomic E-state index is 12.3. The molecular formula is C61H100O5. The largest absolute Gasteiger partial charge is 0.462 e. The highest BCUT2D eigenvalue weighted by atomic mass is 16.6. The summed E-state index contributed by atoms with van der Waals surface area (Å²) in [6.45, 7) is 3.91. The highest BCUT2D eigenvalue weighted by Crippen LogP contribution is 2.15. The highest BCUT2D eigenvalue weighted by Gasteiger charge is 2.16. The molecule has 5 nitrogen and oxygen atoms in total. The first-order valence-corrected chi connectivity index (χ1v) is 27.1. The van der Waals surface area contributed by atoms with Crippen LogP contribution in [0.2, 0.25) is 0 Å². The lowest BCUT2D eigenvalue weighted by atomic mass is 10.0. The summed E-state index contributed by atoms with van der Waals surface area (Å²) in [5.41, 5.74) is 0. The number of allylic oxidation sites excluding steroid dienone is 20. The number of ether oxygens (including phenoxy) is 2. The number of carbonyl (C=O) groups excluding carboxylic acids is 2. The van der Waals surface area contributed by atoms with Crippen LogP contribution in [0, 0.1) is 0 Å². The van der Waals surface area contributed by atoms with Crippen molar-refractivity contribution in [2.75, 3.05) is 13.2 Å². The maximum Gasteiger partial charge on any atom is 0.306 e. The van der Waals surface area contributed by atoms with Gasteiger partial charge in [-0.15, -0.1) is 0 Å². The Hall–Kier alpha value is -3.70. The summed E-state index contributed by atoms with van der Waals surface area (Å²) >= 11 is 0. The van der Waals surface area contributed by atoms with Crippen LogP contribution < -0.4 is 0 Å². The maximum absolute atomic E-state index is 12.3. The van der Waals surface area contributed by atoms with Crippen molar-refractivity contribution < 1.29 is 24.2 Å². The average Bonchev–Trinajstić information content (AvgIpc) is 3.32. The quantitative estimate of drug-likeness (QED) is 0.0374. The molecule has 0 saturated carbocycles. The second-order valence-corrected chi connectivity index (χ2v) is 17.5. The Kier molecular flexibility index (Phi) is 52.5. The third kappa shape index (κ3) is 52.9. The number of hydrogen-bond donors (Lipinski definition) is 1. The van der Waals surface area contributed by atoms with Gasteiger partial charge in [-0.05, 0) is 103 Å². The first kappa shape index (κ1) is 62.3. The van der Waals surface area contributed by atoms with Crippen LogP contribution in [-0.2, 0) is 19.1 Å². The van der Waals surface area contributed by atoms with E-state index in [0.29, 0.717) is 12.8 Å². The first-order valence-electron chi connectivity index (χ1n) is 27.1. The first-order chi connectivity index (χ1) is 32.6. The van der Waals surface area contributed by atoms with E-state index in [4.69, 9.17) is 9.47 Å². The molecular weight excluding hydrogens is 813 g/mol. The van der Waals surface area contributed by atoms with E-state index >= 15 is 0 Å². The molecule has 1 N–H and O–H groups in total. The van der Waals surface area contributed by atoms with Crippen molar-refractivity contribution in [3.63, 3.8) is 0 Å². The summed E-state index contributed by atoms with van der Waals surface area (Å²) < 4.78 is 10.7. The molecule has 0 aliphatic heterocycles. The fourth-order valence-corrected chi connectivity index (χ4v) is 7.26. The molecule has 374 valence electrons. The molecule has 0 aliphatic rings. The molecule has 0 aromatic heterocycles. The fourth-order valence-electron chi connectivity index (χ4n) is 7.26. The standard InChI is InChI=1S/C61H100O5/c1-3-5-7-9-11-13-15-17-19-21-23-25-26-27-28-29-30-31-32-33-34-36-38-40-42-44-46-48-50-52-54-56-61(64)66-59(57-62)58-65-60(63)55-53-51-49-47-45-43-41-39-37-35-24-22-20-18-16-14-12-10-8-6-4-2/h5-8,11-14,17-20,23-25,27-28,30-31,35,59,62H,3-4,9-10,15-16,21-22,26,29,32-34,36-58H2,1-2H3/b7-5-,8-6-,13-11-,14-12-,19-17-,20-18-,25-23-,28-27-,31-30-,35-24-. The number of esters is 2. The lowest BCUT2D eigenvalue weighted by molar-refractivity contribution is -0.161. The zero-order valence-electron chi connectivity index (χ0n) is 42.7. The van der Waals surface area contributed by atoms with E-state index in [1.54, 1.807) is 0 Å². The normalized spacial score (nSPS) is 13.2. The third-order valence-electron chi connectivity index (χ3n) is 11.3. The summed E-state index contributed by atoms with van der Waals surface area (Å²) in [5.74, 6) is -0.606. The molecule has 1 unspecified atom stereocenters. The SMILES string of the molecule is CC/C=C\C/C=C\C/C=C\C/C=C\C/C=C\C/C=C\CCCCCCCCCCCCCCC(=O)OC(CO)COC(=O)CCCCCCCCCC/C=C\C/C=C\C/C=C\C/C=C\CC. The molecule has 0 saturated heterocycles. The van der Waals surface area contributed by atoms with Gasteiger partial charge in [-0.2, -0.15) is 0 Å². The van der Waals surface area contributed by atoms with Gasteiger partial charge in [0.25, 0.3) is 0 Å². The minimum Gasteiger partial charge on any atom is -0.462 e. The van der Waals surface area contributed by atoms with E-state index < -0.39 is 6.10 Å². The number of carbonyl (C=O) groups is 2. The van der Waals surface area contributed by atoms with Gasteiger partial charge in [0.05, 0.1) is 6.61 Å². The summed E-state index contributed by atoms with van der Waals surface area (Å²) in [5, 5.41) is 9.65. The number of rotatable bonds is 48. The molecule has 0 bridgehead atoms. The second kappa shape index (κ2) is 55.6. The van der Waals surface area contributed by atoms with Crippen LogP contribution in [0.15, 0.2) is 122 Å². The Morgan fingerprint density at radius 1 is 0.348 bits per heavy atom. The van der Waals surface area contributed by atoms with Crippen LogP contribution in [0.25, 0.3) is 0 Å². The molecule has 1 atom stereocenters. The van der Waals surface area contributed by atoms with Gasteiger partial charge in [0.15, 0.2) is 6.10 Å². The molecule has 0 amide bonds. The van der Waals surface area contributed by atoms with Crippen molar-refractivity contribution >= 4 is 11.9 Å². The number of unbranched alkanes of at least 4 members (excludes halogenated alkanes) is 20. The summed E-state index contributed by atoms with van der Waals surface area (Å²) in [6, 6.07) is 0. The molecule has 0 rings (SSSR count). The van der Waals surface area contributed by atoms with Gasteiger partial charge >= 0.3 is 11.9 Å². The van der Waals surface area contributed by atoms with E-state index in [2.05, 4.69) is 135 Å². The van der Waals surface area contributed by atoms with Crippen molar-refractivity contribution in [3.05, 3.63) is 122 Å². The predicted octanol–water partition coefficient (Wildman–Crippen LogP) is 18.3. The predicted molar refractivity (Wildman–Crippen MR) is 288 cm³/mol. The van der Waals surface area contributed by atoms with Crippen LogP contribution >= 0.6 is 0 Å². The minimum absolute atomic E-state index is 0.0771. The molecule has 5 heteroatoms. The van der Waals surface area contributed by atoms with Crippen molar-refractivity contribution in [2.45, 2.75) is 238 Å². The number of aliphatic hydroxyl groups is 1. The summed E-state index contributed by atoms with van der Waals surface area (Å²) in [6.07, 6.45) is 81.5. The van der Waals surface area contributed by atoms with Gasteiger partial charge < -0.3 is 14.6 Å². The Morgan fingerprint density at radius 2 is 0.606 bits per heavy atom. The van der Waals surface area contributed by atoms with Crippen LogP contribution in [-0.4, -0.2) is 36.4 Å². The molecule has 0 radical (unpaired) electrons. The molecule has 66 heavy (non-hydrogen) atoms.